The minimum absolute atomic E-state index is 0.336. The monoisotopic (exact) mass is 325 g/mol. The standard InChI is InChI=1S/C18H35N3O2/c1-4-15(5-2)13-20-18(19-3)21-10-8-16(9-11-21)23-14-17-7-6-12-22-17/h15-17H,4-14H2,1-3H3,(H,19,20). The molecule has 0 radical (unpaired) electrons. The Morgan fingerprint density at radius 3 is 2.57 bits per heavy atom. The fraction of sp³-hybridized carbons (Fsp3) is 0.944. The molecule has 5 heteroatoms. The molecule has 0 bridgehead atoms. The van der Waals surface area contributed by atoms with E-state index in [1.807, 2.05) is 7.05 Å². The molecule has 1 unspecified atom stereocenters. The van der Waals surface area contributed by atoms with E-state index in [9.17, 15) is 0 Å². The van der Waals surface area contributed by atoms with Gasteiger partial charge in [-0.05, 0) is 31.6 Å². The van der Waals surface area contributed by atoms with Crippen molar-refractivity contribution in [3.63, 3.8) is 0 Å². The van der Waals surface area contributed by atoms with Gasteiger partial charge in [0.25, 0.3) is 0 Å². The SMILES string of the molecule is CCC(CC)CNC(=NC)N1CCC(OCC2CCCO2)CC1. The lowest BCUT2D eigenvalue weighted by Crippen LogP contribution is -2.48. The van der Waals surface area contributed by atoms with Crippen molar-refractivity contribution in [1.82, 2.24) is 10.2 Å². The predicted molar refractivity (Wildman–Crippen MR) is 95.0 cm³/mol. The highest BCUT2D eigenvalue weighted by Crippen LogP contribution is 2.18. The van der Waals surface area contributed by atoms with Gasteiger partial charge in [-0.3, -0.25) is 4.99 Å². The second-order valence-corrected chi connectivity index (χ2v) is 6.77. The fourth-order valence-corrected chi connectivity index (χ4v) is 3.40. The summed E-state index contributed by atoms with van der Waals surface area (Å²) in [7, 11) is 1.88. The van der Waals surface area contributed by atoms with Crippen LogP contribution in [0.4, 0.5) is 0 Å². The molecule has 23 heavy (non-hydrogen) atoms. The zero-order chi connectivity index (χ0) is 16.5. The summed E-state index contributed by atoms with van der Waals surface area (Å²) in [5, 5.41) is 3.55. The van der Waals surface area contributed by atoms with Crippen LogP contribution in [0.15, 0.2) is 4.99 Å². The van der Waals surface area contributed by atoms with Gasteiger partial charge in [0.15, 0.2) is 5.96 Å². The van der Waals surface area contributed by atoms with Crippen molar-refractivity contribution < 1.29 is 9.47 Å². The van der Waals surface area contributed by atoms with Crippen LogP contribution in [0.3, 0.4) is 0 Å². The molecule has 1 atom stereocenters. The molecule has 2 aliphatic heterocycles. The Bertz CT molecular complexity index is 344. The highest BCUT2D eigenvalue weighted by Gasteiger charge is 2.24. The maximum atomic E-state index is 6.05. The summed E-state index contributed by atoms with van der Waals surface area (Å²) in [6.45, 7) is 9.27. The predicted octanol–water partition coefficient (Wildman–Crippen LogP) is 2.66. The second-order valence-electron chi connectivity index (χ2n) is 6.77. The number of likely N-dealkylation sites (tertiary alicyclic amines) is 1. The number of ether oxygens (including phenoxy) is 2. The summed E-state index contributed by atoms with van der Waals surface area (Å²) in [4.78, 5) is 6.83. The lowest BCUT2D eigenvalue weighted by Gasteiger charge is -2.34. The number of piperidine rings is 1. The average Bonchev–Trinajstić information content (AvgIpc) is 3.11. The van der Waals surface area contributed by atoms with Gasteiger partial charge in [0.1, 0.15) is 0 Å². The van der Waals surface area contributed by atoms with Gasteiger partial charge in [-0.1, -0.05) is 26.7 Å². The molecule has 2 aliphatic rings. The van der Waals surface area contributed by atoms with Gasteiger partial charge < -0.3 is 19.7 Å². The summed E-state index contributed by atoms with van der Waals surface area (Å²) in [5.41, 5.74) is 0. The van der Waals surface area contributed by atoms with E-state index in [2.05, 4.69) is 29.1 Å². The molecular formula is C18H35N3O2. The number of nitrogens with one attached hydrogen (secondary N) is 1. The molecule has 134 valence electrons. The van der Waals surface area contributed by atoms with E-state index in [-0.39, 0.29) is 0 Å². The van der Waals surface area contributed by atoms with Crippen molar-refractivity contribution >= 4 is 5.96 Å². The van der Waals surface area contributed by atoms with Gasteiger partial charge in [0.2, 0.25) is 0 Å². The summed E-state index contributed by atoms with van der Waals surface area (Å²) in [5.74, 6) is 1.79. The Labute approximate surface area is 141 Å². The third-order valence-electron chi connectivity index (χ3n) is 5.20. The van der Waals surface area contributed by atoms with Crippen molar-refractivity contribution in [2.45, 2.75) is 64.6 Å². The van der Waals surface area contributed by atoms with Gasteiger partial charge in [-0.25, -0.2) is 0 Å². The van der Waals surface area contributed by atoms with Crippen molar-refractivity contribution in [1.29, 1.82) is 0 Å². The molecule has 2 rings (SSSR count). The number of hydrogen-bond acceptors (Lipinski definition) is 3. The largest absolute Gasteiger partial charge is 0.376 e. The van der Waals surface area contributed by atoms with Gasteiger partial charge in [0, 0.05) is 33.3 Å². The average molecular weight is 325 g/mol. The molecule has 0 aliphatic carbocycles. The number of guanidine groups is 1. The Balaban J connectivity index is 1.67. The molecule has 0 aromatic heterocycles. The van der Waals surface area contributed by atoms with E-state index in [0.717, 1.165) is 64.0 Å². The maximum absolute atomic E-state index is 6.05. The first kappa shape index (κ1) is 18.5. The van der Waals surface area contributed by atoms with Gasteiger partial charge in [-0.15, -0.1) is 0 Å². The van der Waals surface area contributed by atoms with E-state index in [4.69, 9.17) is 9.47 Å². The smallest absolute Gasteiger partial charge is 0.193 e. The number of aliphatic imine (C=N–C) groups is 1. The highest BCUT2D eigenvalue weighted by molar-refractivity contribution is 5.79. The van der Waals surface area contributed by atoms with Gasteiger partial charge >= 0.3 is 0 Å². The third-order valence-corrected chi connectivity index (χ3v) is 5.20. The van der Waals surface area contributed by atoms with E-state index in [0.29, 0.717) is 12.2 Å². The second kappa shape index (κ2) is 10.1. The van der Waals surface area contributed by atoms with Crippen molar-refractivity contribution in [2.24, 2.45) is 10.9 Å². The molecule has 0 saturated carbocycles. The van der Waals surface area contributed by atoms with Crippen LogP contribution in [0.2, 0.25) is 0 Å². The minimum atomic E-state index is 0.336. The summed E-state index contributed by atoms with van der Waals surface area (Å²) in [6, 6.07) is 0. The molecular weight excluding hydrogens is 290 g/mol. The minimum Gasteiger partial charge on any atom is -0.376 e. The van der Waals surface area contributed by atoms with Crippen molar-refractivity contribution in [2.75, 3.05) is 39.9 Å². The van der Waals surface area contributed by atoms with Gasteiger partial charge in [-0.2, -0.15) is 0 Å². The van der Waals surface area contributed by atoms with Crippen LogP contribution in [0.5, 0.6) is 0 Å². The molecule has 0 aromatic rings. The van der Waals surface area contributed by atoms with Crippen LogP contribution in [0.1, 0.15) is 52.4 Å². The van der Waals surface area contributed by atoms with E-state index in [1.165, 1.54) is 19.3 Å². The summed E-state index contributed by atoms with van der Waals surface area (Å²) >= 11 is 0. The van der Waals surface area contributed by atoms with E-state index < -0.39 is 0 Å². The fourth-order valence-electron chi connectivity index (χ4n) is 3.40. The lowest BCUT2D eigenvalue weighted by molar-refractivity contribution is -0.0367. The number of nitrogens with zero attached hydrogens (tertiary/aromatic N) is 2. The molecule has 1 N–H and O–H groups in total. The van der Waals surface area contributed by atoms with E-state index in [1.54, 1.807) is 0 Å². The first-order valence-corrected chi connectivity index (χ1v) is 9.45. The normalized spacial score (nSPS) is 23.7. The molecule has 0 spiro atoms. The highest BCUT2D eigenvalue weighted by atomic mass is 16.5. The van der Waals surface area contributed by atoms with Crippen LogP contribution in [-0.2, 0) is 9.47 Å². The zero-order valence-corrected chi connectivity index (χ0v) is 15.2. The number of rotatable bonds is 7. The van der Waals surface area contributed by atoms with Gasteiger partial charge in [0.05, 0.1) is 18.8 Å². The Hall–Kier alpha value is -0.810. The van der Waals surface area contributed by atoms with Crippen molar-refractivity contribution in [3.05, 3.63) is 0 Å². The molecule has 2 heterocycles. The van der Waals surface area contributed by atoms with Crippen LogP contribution < -0.4 is 5.32 Å². The lowest BCUT2D eigenvalue weighted by atomic mass is 10.0. The molecule has 0 aromatic carbocycles. The van der Waals surface area contributed by atoms with Crippen LogP contribution in [-0.4, -0.2) is 63.0 Å². The Kier molecular flexibility index (Phi) is 8.17. The number of hydrogen-bond donors (Lipinski definition) is 1. The third kappa shape index (κ3) is 5.96. The van der Waals surface area contributed by atoms with E-state index >= 15 is 0 Å². The van der Waals surface area contributed by atoms with Crippen LogP contribution >= 0.6 is 0 Å². The molecule has 2 fully saturated rings. The topological polar surface area (TPSA) is 46.1 Å². The summed E-state index contributed by atoms with van der Waals surface area (Å²) < 4.78 is 11.7. The van der Waals surface area contributed by atoms with Crippen LogP contribution in [0, 0.1) is 5.92 Å². The first-order valence-electron chi connectivity index (χ1n) is 9.45. The quantitative estimate of drug-likeness (QED) is 0.577. The molecule has 2 saturated heterocycles. The summed E-state index contributed by atoms with van der Waals surface area (Å²) in [6.07, 6.45) is 7.67. The first-order chi connectivity index (χ1) is 11.3. The molecule has 0 amide bonds. The van der Waals surface area contributed by atoms with Crippen LogP contribution in [0.25, 0.3) is 0 Å². The maximum Gasteiger partial charge on any atom is 0.193 e. The zero-order valence-electron chi connectivity index (χ0n) is 15.2. The molecule has 5 nitrogen and oxygen atoms in total. The Morgan fingerprint density at radius 2 is 2.00 bits per heavy atom. The van der Waals surface area contributed by atoms with Crippen molar-refractivity contribution in [3.8, 4) is 0 Å². The Morgan fingerprint density at radius 1 is 1.26 bits per heavy atom.